The molecule has 3 rings (SSSR count). The van der Waals surface area contributed by atoms with Crippen LogP contribution in [-0.2, 0) is 11.3 Å². The average Bonchev–Trinajstić information content (AvgIpc) is 2.73. The molecule has 1 aliphatic heterocycles. The maximum absolute atomic E-state index is 12.0. The first-order valence-corrected chi connectivity index (χ1v) is 8.36. The molecule has 0 spiro atoms. The van der Waals surface area contributed by atoms with Crippen molar-refractivity contribution in [2.24, 2.45) is 0 Å². The molecule has 2 aromatic rings. The van der Waals surface area contributed by atoms with Crippen LogP contribution in [0.2, 0.25) is 0 Å². The molecule has 1 aliphatic rings. The van der Waals surface area contributed by atoms with Gasteiger partial charge in [0.05, 0.1) is 11.6 Å². The van der Waals surface area contributed by atoms with Gasteiger partial charge in [-0.3, -0.25) is 4.79 Å². The van der Waals surface area contributed by atoms with Crippen LogP contribution >= 0.6 is 0 Å². The van der Waals surface area contributed by atoms with Crippen molar-refractivity contribution in [3.8, 4) is 0 Å². The Kier molecular flexibility index (Phi) is 4.73. The third kappa shape index (κ3) is 3.60. The normalized spacial score (nSPS) is 15.9. The molecule has 0 aliphatic carbocycles. The number of fused-ring (bicyclic) bond motifs is 1. The van der Waals surface area contributed by atoms with Gasteiger partial charge in [0, 0.05) is 19.1 Å². The highest BCUT2D eigenvalue weighted by atomic mass is 16.2. The summed E-state index contributed by atoms with van der Waals surface area (Å²) in [6.45, 7) is 6.10. The van der Waals surface area contributed by atoms with Gasteiger partial charge in [-0.2, -0.15) is 5.10 Å². The Morgan fingerprint density at radius 1 is 1.22 bits per heavy atom. The van der Waals surface area contributed by atoms with Crippen LogP contribution in [0.5, 0.6) is 0 Å². The molecule has 1 N–H and O–H groups in total. The molecule has 1 saturated heterocycles. The summed E-state index contributed by atoms with van der Waals surface area (Å²) in [5.74, 6) is 0.882. The minimum absolute atomic E-state index is 0.0556. The van der Waals surface area contributed by atoms with Crippen LogP contribution in [0.4, 0.5) is 5.82 Å². The molecule has 7 heteroatoms. The van der Waals surface area contributed by atoms with Crippen molar-refractivity contribution in [3.05, 3.63) is 12.5 Å². The molecule has 0 unspecified atom stereocenters. The van der Waals surface area contributed by atoms with E-state index < -0.39 is 0 Å². The summed E-state index contributed by atoms with van der Waals surface area (Å²) < 4.78 is 1.65. The van der Waals surface area contributed by atoms with Crippen LogP contribution in [0.15, 0.2) is 12.5 Å². The molecule has 0 atom stereocenters. The van der Waals surface area contributed by atoms with Gasteiger partial charge in [0.1, 0.15) is 18.7 Å². The van der Waals surface area contributed by atoms with Crippen molar-refractivity contribution in [2.75, 3.05) is 18.0 Å². The molecule has 1 amide bonds. The monoisotopic (exact) mass is 316 g/mol. The molecule has 7 nitrogen and oxygen atoms in total. The molecule has 0 radical (unpaired) electrons. The van der Waals surface area contributed by atoms with Crippen LogP contribution in [0, 0.1) is 0 Å². The van der Waals surface area contributed by atoms with Crippen LogP contribution < -0.4 is 10.2 Å². The highest BCUT2D eigenvalue weighted by molar-refractivity contribution is 5.87. The predicted octanol–water partition coefficient (Wildman–Crippen LogP) is 1.73. The fraction of sp³-hybridized carbons (Fsp3) is 0.625. The topological polar surface area (TPSA) is 75.9 Å². The number of carbonyl (C=O) groups is 1. The molecular weight excluding hydrogens is 292 g/mol. The second-order valence-electron chi connectivity index (χ2n) is 6.36. The van der Waals surface area contributed by atoms with E-state index in [1.807, 2.05) is 13.8 Å². The standard InChI is InChI=1S/C16H24N6O/c1-12(2)20-14(23)10-22-16-13(9-19-22)15(17-11-18-16)21-7-5-3-4-6-8-21/h9,11-12H,3-8,10H2,1-2H3,(H,20,23). The van der Waals surface area contributed by atoms with Crippen molar-refractivity contribution < 1.29 is 4.79 Å². The van der Waals surface area contributed by atoms with Gasteiger partial charge in [0.2, 0.25) is 5.91 Å². The molecule has 0 aromatic carbocycles. The molecule has 23 heavy (non-hydrogen) atoms. The van der Waals surface area contributed by atoms with E-state index in [0.717, 1.165) is 29.9 Å². The Morgan fingerprint density at radius 2 is 1.96 bits per heavy atom. The second kappa shape index (κ2) is 6.93. The lowest BCUT2D eigenvalue weighted by Crippen LogP contribution is -2.33. The molecule has 2 aromatic heterocycles. The van der Waals surface area contributed by atoms with Gasteiger partial charge >= 0.3 is 0 Å². The Morgan fingerprint density at radius 3 is 2.65 bits per heavy atom. The number of aromatic nitrogens is 4. The van der Waals surface area contributed by atoms with Crippen LogP contribution in [0.3, 0.4) is 0 Å². The minimum atomic E-state index is -0.0556. The molecule has 1 fully saturated rings. The molecular formula is C16H24N6O. The number of nitrogens with one attached hydrogen (secondary N) is 1. The lowest BCUT2D eigenvalue weighted by atomic mass is 10.2. The highest BCUT2D eigenvalue weighted by Crippen LogP contribution is 2.25. The SMILES string of the molecule is CC(C)NC(=O)Cn1ncc2c(N3CCCCCC3)ncnc21. The van der Waals surface area contributed by atoms with E-state index in [2.05, 4.69) is 25.3 Å². The summed E-state index contributed by atoms with van der Waals surface area (Å²) in [4.78, 5) is 23.1. The van der Waals surface area contributed by atoms with Gasteiger partial charge < -0.3 is 10.2 Å². The summed E-state index contributed by atoms with van der Waals surface area (Å²) >= 11 is 0. The third-order valence-electron chi connectivity index (χ3n) is 4.06. The van der Waals surface area contributed by atoms with E-state index in [-0.39, 0.29) is 18.5 Å². The highest BCUT2D eigenvalue weighted by Gasteiger charge is 2.18. The van der Waals surface area contributed by atoms with Gasteiger partial charge in [-0.05, 0) is 26.7 Å². The summed E-state index contributed by atoms with van der Waals surface area (Å²) in [6, 6.07) is 0.117. The molecule has 0 bridgehead atoms. The maximum Gasteiger partial charge on any atom is 0.242 e. The van der Waals surface area contributed by atoms with E-state index in [9.17, 15) is 4.79 Å². The van der Waals surface area contributed by atoms with Crippen molar-refractivity contribution in [2.45, 2.75) is 52.1 Å². The minimum Gasteiger partial charge on any atom is -0.356 e. The maximum atomic E-state index is 12.0. The number of carbonyl (C=O) groups excluding carboxylic acids is 1. The number of nitrogens with zero attached hydrogens (tertiary/aromatic N) is 5. The van der Waals surface area contributed by atoms with Gasteiger partial charge in [-0.25, -0.2) is 14.6 Å². The lowest BCUT2D eigenvalue weighted by molar-refractivity contribution is -0.122. The number of hydrogen-bond acceptors (Lipinski definition) is 5. The fourth-order valence-electron chi connectivity index (χ4n) is 3.03. The van der Waals surface area contributed by atoms with Crippen LogP contribution in [-0.4, -0.2) is 44.8 Å². The molecule has 0 saturated carbocycles. The first-order valence-electron chi connectivity index (χ1n) is 8.36. The smallest absolute Gasteiger partial charge is 0.242 e. The number of rotatable bonds is 4. The van der Waals surface area contributed by atoms with Crippen LogP contribution in [0.1, 0.15) is 39.5 Å². The summed E-state index contributed by atoms with van der Waals surface area (Å²) in [7, 11) is 0. The van der Waals surface area contributed by atoms with Crippen LogP contribution in [0.25, 0.3) is 11.0 Å². The summed E-state index contributed by atoms with van der Waals surface area (Å²) in [5, 5.41) is 8.15. The van der Waals surface area contributed by atoms with Crippen molar-refractivity contribution >= 4 is 22.8 Å². The number of anilines is 1. The second-order valence-corrected chi connectivity index (χ2v) is 6.36. The zero-order chi connectivity index (χ0) is 16.2. The molecule has 124 valence electrons. The zero-order valence-corrected chi connectivity index (χ0v) is 13.8. The van der Waals surface area contributed by atoms with Crippen molar-refractivity contribution in [1.29, 1.82) is 0 Å². The Hall–Kier alpha value is -2.18. The summed E-state index contributed by atoms with van der Waals surface area (Å²) in [5.41, 5.74) is 0.721. The summed E-state index contributed by atoms with van der Waals surface area (Å²) in [6.07, 6.45) is 8.28. The first-order chi connectivity index (χ1) is 11.1. The van der Waals surface area contributed by atoms with E-state index >= 15 is 0 Å². The first kappa shape index (κ1) is 15.7. The van der Waals surface area contributed by atoms with Gasteiger partial charge in [-0.1, -0.05) is 12.8 Å². The zero-order valence-electron chi connectivity index (χ0n) is 13.8. The van der Waals surface area contributed by atoms with E-state index in [1.54, 1.807) is 17.2 Å². The molecule has 3 heterocycles. The van der Waals surface area contributed by atoms with Gasteiger partial charge in [0.15, 0.2) is 5.65 Å². The third-order valence-corrected chi connectivity index (χ3v) is 4.06. The Balaban J connectivity index is 1.86. The quantitative estimate of drug-likeness (QED) is 0.929. The number of hydrogen-bond donors (Lipinski definition) is 1. The fourth-order valence-corrected chi connectivity index (χ4v) is 3.03. The van der Waals surface area contributed by atoms with Crippen molar-refractivity contribution in [1.82, 2.24) is 25.1 Å². The average molecular weight is 316 g/mol. The largest absolute Gasteiger partial charge is 0.356 e. The van der Waals surface area contributed by atoms with E-state index in [4.69, 9.17) is 0 Å². The van der Waals surface area contributed by atoms with E-state index in [0.29, 0.717) is 0 Å². The van der Waals surface area contributed by atoms with E-state index in [1.165, 1.54) is 25.7 Å². The lowest BCUT2D eigenvalue weighted by Gasteiger charge is -2.21. The predicted molar refractivity (Wildman–Crippen MR) is 89.3 cm³/mol. The Bertz CT molecular complexity index is 672. The number of amides is 1. The Labute approximate surface area is 136 Å². The van der Waals surface area contributed by atoms with Crippen molar-refractivity contribution in [3.63, 3.8) is 0 Å². The van der Waals surface area contributed by atoms with Gasteiger partial charge in [0.25, 0.3) is 0 Å². The van der Waals surface area contributed by atoms with Gasteiger partial charge in [-0.15, -0.1) is 0 Å².